The Balaban J connectivity index is 2.35. The highest BCUT2D eigenvalue weighted by Gasteiger charge is 2.23. The zero-order chi connectivity index (χ0) is 15.2. The minimum Gasteiger partial charge on any atom is -0.368 e. The van der Waals surface area contributed by atoms with E-state index in [1.807, 2.05) is 6.07 Å². The normalized spacial score (nSPS) is 21.1. The topological polar surface area (TPSA) is 15.3 Å². The lowest BCUT2D eigenvalue weighted by Gasteiger charge is -2.34. The number of halogens is 1. The molecule has 0 amide bonds. The van der Waals surface area contributed by atoms with Crippen LogP contribution in [0.4, 0.5) is 10.1 Å². The summed E-state index contributed by atoms with van der Waals surface area (Å²) in [5.41, 5.74) is 2.32. The Labute approximate surface area is 128 Å². The van der Waals surface area contributed by atoms with Crippen molar-refractivity contribution in [2.75, 3.05) is 18.0 Å². The molecule has 21 heavy (non-hydrogen) atoms. The van der Waals surface area contributed by atoms with Crippen molar-refractivity contribution < 1.29 is 4.39 Å². The van der Waals surface area contributed by atoms with E-state index < -0.39 is 0 Å². The van der Waals surface area contributed by atoms with E-state index in [9.17, 15) is 4.39 Å². The first-order valence-corrected chi connectivity index (χ1v) is 8.46. The average molecular weight is 292 g/mol. The first-order chi connectivity index (χ1) is 10.2. The third-order valence-electron chi connectivity index (χ3n) is 4.62. The first-order valence-electron chi connectivity index (χ1n) is 8.46. The maximum Gasteiger partial charge on any atom is 0.123 e. The van der Waals surface area contributed by atoms with Crippen LogP contribution in [0.15, 0.2) is 18.2 Å². The Morgan fingerprint density at radius 2 is 2.10 bits per heavy atom. The lowest BCUT2D eigenvalue weighted by atomic mass is 10.0. The van der Waals surface area contributed by atoms with Crippen molar-refractivity contribution in [2.24, 2.45) is 0 Å². The summed E-state index contributed by atoms with van der Waals surface area (Å²) in [4.78, 5) is 2.52. The van der Waals surface area contributed by atoms with Crippen molar-refractivity contribution in [2.45, 2.75) is 65.0 Å². The van der Waals surface area contributed by atoms with Crippen molar-refractivity contribution in [3.05, 3.63) is 29.6 Å². The van der Waals surface area contributed by atoms with Crippen molar-refractivity contribution in [3.8, 4) is 0 Å². The van der Waals surface area contributed by atoms with Crippen LogP contribution in [0.3, 0.4) is 0 Å². The van der Waals surface area contributed by atoms with Gasteiger partial charge in [0.05, 0.1) is 0 Å². The van der Waals surface area contributed by atoms with Gasteiger partial charge in [-0.1, -0.05) is 26.7 Å². The van der Waals surface area contributed by atoms with E-state index in [-0.39, 0.29) is 11.9 Å². The van der Waals surface area contributed by atoms with Crippen LogP contribution in [0.1, 0.15) is 64.5 Å². The molecule has 0 aromatic heterocycles. The van der Waals surface area contributed by atoms with Gasteiger partial charge in [0.1, 0.15) is 5.82 Å². The second-order valence-electron chi connectivity index (χ2n) is 6.09. The molecule has 2 unspecified atom stereocenters. The summed E-state index contributed by atoms with van der Waals surface area (Å²) in [7, 11) is 0. The second-order valence-corrected chi connectivity index (χ2v) is 6.09. The van der Waals surface area contributed by atoms with E-state index in [0.717, 1.165) is 25.1 Å². The molecule has 118 valence electrons. The van der Waals surface area contributed by atoms with Crippen molar-refractivity contribution in [1.82, 2.24) is 5.32 Å². The molecule has 1 fully saturated rings. The number of nitrogens with zero attached hydrogens (tertiary/aromatic N) is 1. The fourth-order valence-corrected chi connectivity index (χ4v) is 3.47. The van der Waals surface area contributed by atoms with Gasteiger partial charge < -0.3 is 10.2 Å². The molecule has 1 aromatic carbocycles. The second kappa shape index (κ2) is 7.79. The van der Waals surface area contributed by atoms with E-state index >= 15 is 0 Å². The van der Waals surface area contributed by atoms with Gasteiger partial charge in [0.25, 0.3) is 0 Å². The Hall–Kier alpha value is -1.09. The molecule has 1 N–H and O–H groups in total. The molecule has 0 radical (unpaired) electrons. The fourth-order valence-electron chi connectivity index (χ4n) is 3.47. The standard InChI is InChI=1S/C18H29FN2/c1-4-16-9-7-6-8-12-21(16)18-11-10-15(19)13-17(18)14(3)20-5-2/h10-11,13-14,16,20H,4-9,12H2,1-3H3. The van der Waals surface area contributed by atoms with Gasteiger partial charge in [-0.05, 0) is 56.5 Å². The number of nitrogens with one attached hydrogen (secondary N) is 1. The predicted molar refractivity (Wildman–Crippen MR) is 88.4 cm³/mol. The van der Waals surface area contributed by atoms with Crippen LogP contribution in [-0.2, 0) is 0 Å². The molecule has 1 heterocycles. The van der Waals surface area contributed by atoms with Gasteiger partial charge in [-0.2, -0.15) is 0 Å². The van der Waals surface area contributed by atoms with Gasteiger partial charge in [0, 0.05) is 24.3 Å². The van der Waals surface area contributed by atoms with Crippen LogP contribution in [-0.4, -0.2) is 19.1 Å². The van der Waals surface area contributed by atoms with Gasteiger partial charge in [-0.15, -0.1) is 0 Å². The molecule has 1 aliphatic rings. The maximum atomic E-state index is 13.7. The van der Waals surface area contributed by atoms with E-state index in [1.165, 1.54) is 31.4 Å². The quantitative estimate of drug-likeness (QED) is 0.849. The van der Waals surface area contributed by atoms with Gasteiger partial charge >= 0.3 is 0 Å². The zero-order valence-electron chi connectivity index (χ0n) is 13.7. The Kier molecular flexibility index (Phi) is 6.04. The summed E-state index contributed by atoms with van der Waals surface area (Å²) in [6.45, 7) is 8.47. The summed E-state index contributed by atoms with van der Waals surface area (Å²) >= 11 is 0. The van der Waals surface area contributed by atoms with Crippen LogP contribution in [0.5, 0.6) is 0 Å². The molecule has 2 atom stereocenters. The molecule has 0 bridgehead atoms. The van der Waals surface area contributed by atoms with Gasteiger partial charge in [-0.3, -0.25) is 0 Å². The van der Waals surface area contributed by atoms with Gasteiger partial charge in [0.15, 0.2) is 0 Å². The minimum atomic E-state index is -0.138. The van der Waals surface area contributed by atoms with Crippen LogP contribution >= 0.6 is 0 Å². The molecular formula is C18H29FN2. The van der Waals surface area contributed by atoms with Crippen molar-refractivity contribution in [1.29, 1.82) is 0 Å². The Morgan fingerprint density at radius 1 is 1.29 bits per heavy atom. The van der Waals surface area contributed by atoms with Crippen LogP contribution in [0, 0.1) is 5.82 Å². The molecule has 1 saturated heterocycles. The molecule has 2 rings (SSSR count). The molecule has 1 aliphatic heterocycles. The average Bonchev–Trinajstić information content (AvgIpc) is 2.72. The van der Waals surface area contributed by atoms with Gasteiger partial charge in [-0.25, -0.2) is 4.39 Å². The van der Waals surface area contributed by atoms with E-state index in [0.29, 0.717) is 6.04 Å². The maximum absolute atomic E-state index is 13.7. The van der Waals surface area contributed by atoms with E-state index in [2.05, 4.69) is 31.0 Å². The molecule has 2 nitrogen and oxygen atoms in total. The van der Waals surface area contributed by atoms with Crippen LogP contribution in [0.25, 0.3) is 0 Å². The molecule has 3 heteroatoms. The van der Waals surface area contributed by atoms with Crippen LogP contribution < -0.4 is 10.2 Å². The summed E-state index contributed by atoms with van der Waals surface area (Å²) in [5.74, 6) is -0.138. The van der Waals surface area contributed by atoms with Crippen molar-refractivity contribution >= 4 is 5.69 Å². The van der Waals surface area contributed by atoms with E-state index in [1.54, 1.807) is 12.1 Å². The number of rotatable bonds is 5. The lowest BCUT2D eigenvalue weighted by molar-refractivity contribution is 0.543. The number of hydrogen-bond acceptors (Lipinski definition) is 2. The van der Waals surface area contributed by atoms with Crippen LogP contribution in [0.2, 0.25) is 0 Å². The molecular weight excluding hydrogens is 263 g/mol. The molecule has 0 spiro atoms. The smallest absolute Gasteiger partial charge is 0.123 e. The monoisotopic (exact) mass is 292 g/mol. The number of benzene rings is 1. The Morgan fingerprint density at radius 3 is 2.81 bits per heavy atom. The third-order valence-corrected chi connectivity index (χ3v) is 4.62. The largest absolute Gasteiger partial charge is 0.368 e. The summed E-state index contributed by atoms with van der Waals surface area (Å²) in [5, 5.41) is 3.42. The van der Waals surface area contributed by atoms with Gasteiger partial charge in [0.2, 0.25) is 0 Å². The summed E-state index contributed by atoms with van der Waals surface area (Å²) in [6.07, 6.45) is 6.28. The minimum absolute atomic E-state index is 0.138. The fraction of sp³-hybridized carbons (Fsp3) is 0.667. The van der Waals surface area contributed by atoms with Crippen molar-refractivity contribution in [3.63, 3.8) is 0 Å². The summed E-state index contributed by atoms with van der Waals surface area (Å²) in [6, 6.07) is 6.06. The number of anilines is 1. The zero-order valence-corrected chi connectivity index (χ0v) is 13.7. The SMILES string of the molecule is CCNC(C)c1cc(F)ccc1N1CCCCCC1CC. The summed E-state index contributed by atoms with van der Waals surface area (Å²) < 4.78 is 13.7. The highest BCUT2D eigenvalue weighted by Crippen LogP contribution is 2.32. The predicted octanol–water partition coefficient (Wildman–Crippen LogP) is 4.66. The first kappa shape index (κ1) is 16.3. The lowest BCUT2D eigenvalue weighted by Crippen LogP contribution is -2.36. The highest BCUT2D eigenvalue weighted by atomic mass is 19.1. The van der Waals surface area contributed by atoms with E-state index in [4.69, 9.17) is 0 Å². The number of hydrogen-bond donors (Lipinski definition) is 1. The molecule has 0 saturated carbocycles. The third kappa shape index (κ3) is 3.97. The molecule has 1 aromatic rings. The highest BCUT2D eigenvalue weighted by molar-refractivity contribution is 5.56. The Bertz CT molecular complexity index is 447. The molecule has 0 aliphatic carbocycles.